The van der Waals surface area contributed by atoms with Crippen molar-refractivity contribution in [3.8, 4) is 6.07 Å². The van der Waals surface area contributed by atoms with Gasteiger partial charge >= 0.3 is 0 Å². The molecule has 4 nitrogen and oxygen atoms in total. The Balaban J connectivity index is 2.03. The zero-order valence-corrected chi connectivity index (χ0v) is 11.9. The van der Waals surface area contributed by atoms with E-state index in [1.807, 2.05) is 18.4 Å². The first-order chi connectivity index (χ1) is 9.20. The predicted octanol–water partition coefficient (Wildman–Crippen LogP) is 2.59. The highest BCUT2D eigenvalue weighted by atomic mass is 32.1. The molecule has 1 saturated heterocycles. The van der Waals surface area contributed by atoms with Gasteiger partial charge in [0.25, 0.3) is 5.91 Å². The number of nitriles is 1. The van der Waals surface area contributed by atoms with Crippen molar-refractivity contribution < 1.29 is 9.53 Å². The van der Waals surface area contributed by atoms with Crippen molar-refractivity contribution in [2.24, 2.45) is 0 Å². The second-order valence-corrected chi connectivity index (χ2v) is 5.69. The fourth-order valence-electron chi connectivity index (χ4n) is 2.19. The molecule has 1 fully saturated rings. The van der Waals surface area contributed by atoms with Crippen molar-refractivity contribution >= 4 is 17.2 Å². The van der Waals surface area contributed by atoms with Crippen LogP contribution in [0, 0.1) is 18.3 Å². The van der Waals surface area contributed by atoms with E-state index in [0.29, 0.717) is 19.5 Å². The van der Waals surface area contributed by atoms with Crippen LogP contribution in [-0.4, -0.2) is 36.6 Å². The number of thiophene rings is 1. The zero-order valence-electron chi connectivity index (χ0n) is 11.1. The lowest BCUT2D eigenvalue weighted by atomic mass is 10.2. The molecule has 19 heavy (non-hydrogen) atoms. The van der Waals surface area contributed by atoms with E-state index in [4.69, 9.17) is 10.00 Å². The Labute approximate surface area is 117 Å². The molecular formula is C14H18N2O2S. The van der Waals surface area contributed by atoms with E-state index in [1.54, 1.807) is 4.90 Å². The van der Waals surface area contributed by atoms with Crippen LogP contribution in [-0.2, 0) is 4.74 Å². The van der Waals surface area contributed by atoms with Gasteiger partial charge in [-0.25, -0.2) is 0 Å². The van der Waals surface area contributed by atoms with Gasteiger partial charge in [-0.15, -0.1) is 11.3 Å². The highest BCUT2D eigenvalue weighted by Crippen LogP contribution is 2.19. The Morgan fingerprint density at radius 3 is 3.11 bits per heavy atom. The maximum atomic E-state index is 12.4. The maximum Gasteiger partial charge on any atom is 0.264 e. The van der Waals surface area contributed by atoms with Crippen molar-refractivity contribution in [3.63, 3.8) is 0 Å². The Hall–Kier alpha value is -1.38. The molecule has 1 atom stereocenters. The van der Waals surface area contributed by atoms with Crippen LogP contribution in [0.4, 0.5) is 0 Å². The number of nitrogens with zero attached hydrogens (tertiary/aromatic N) is 2. The van der Waals surface area contributed by atoms with Gasteiger partial charge in [0.1, 0.15) is 0 Å². The van der Waals surface area contributed by atoms with Crippen LogP contribution in [0.15, 0.2) is 11.4 Å². The largest absolute Gasteiger partial charge is 0.376 e. The SMILES string of the molecule is Cc1csc(C(=O)N(CCC#N)CC2CCCO2)c1. The third-order valence-corrected chi connectivity index (χ3v) is 4.21. The minimum absolute atomic E-state index is 0.0175. The van der Waals surface area contributed by atoms with Crippen molar-refractivity contribution in [1.82, 2.24) is 4.90 Å². The van der Waals surface area contributed by atoms with E-state index >= 15 is 0 Å². The fourth-order valence-corrected chi connectivity index (χ4v) is 3.06. The molecule has 0 radical (unpaired) electrons. The molecule has 2 rings (SSSR count). The first kappa shape index (κ1) is 14.0. The molecule has 0 N–H and O–H groups in total. The number of amides is 1. The molecular weight excluding hydrogens is 260 g/mol. The van der Waals surface area contributed by atoms with Crippen molar-refractivity contribution in [1.29, 1.82) is 5.26 Å². The normalized spacial score (nSPS) is 18.2. The average molecular weight is 278 g/mol. The van der Waals surface area contributed by atoms with Gasteiger partial charge in [-0.3, -0.25) is 4.79 Å². The highest BCUT2D eigenvalue weighted by molar-refractivity contribution is 7.12. The van der Waals surface area contributed by atoms with Crippen LogP contribution in [0.1, 0.15) is 34.5 Å². The summed E-state index contributed by atoms with van der Waals surface area (Å²) in [5, 5.41) is 10.7. The molecule has 1 unspecified atom stereocenters. The van der Waals surface area contributed by atoms with Gasteiger partial charge in [-0.1, -0.05) is 0 Å². The fraction of sp³-hybridized carbons (Fsp3) is 0.571. The lowest BCUT2D eigenvalue weighted by molar-refractivity contribution is 0.0535. The molecule has 5 heteroatoms. The summed E-state index contributed by atoms with van der Waals surface area (Å²) in [4.78, 5) is 14.9. The van der Waals surface area contributed by atoms with Crippen molar-refractivity contribution in [2.75, 3.05) is 19.7 Å². The van der Waals surface area contributed by atoms with Crippen molar-refractivity contribution in [2.45, 2.75) is 32.3 Å². The van der Waals surface area contributed by atoms with E-state index in [0.717, 1.165) is 29.9 Å². The van der Waals surface area contributed by atoms with Gasteiger partial charge in [-0.05, 0) is 36.8 Å². The first-order valence-corrected chi connectivity index (χ1v) is 7.41. The van der Waals surface area contributed by atoms with Gasteiger partial charge in [0.05, 0.1) is 23.5 Å². The van der Waals surface area contributed by atoms with Gasteiger partial charge < -0.3 is 9.64 Å². The Kier molecular flexibility index (Phi) is 4.94. The number of carbonyl (C=O) groups is 1. The third kappa shape index (κ3) is 3.79. The quantitative estimate of drug-likeness (QED) is 0.832. The second-order valence-electron chi connectivity index (χ2n) is 4.78. The molecule has 2 heterocycles. The molecule has 1 aliphatic rings. The number of carbonyl (C=O) groups excluding carboxylic acids is 1. The van der Waals surface area contributed by atoms with Gasteiger partial charge in [0, 0.05) is 19.7 Å². The summed E-state index contributed by atoms with van der Waals surface area (Å²) in [6, 6.07) is 4.01. The smallest absolute Gasteiger partial charge is 0.264 e. The summed E-state index contributed by atoms with van der Waals surface area (Å²) < 4.78 is 5.58. The van der Waals surface area contributed by atoms with E-state index in [-0.39, 0.29) is 12.0 Å². The molecule has 1 aliphatic heterocycles. The molecule has 0 aliphatic carbocycles. The third-order valence-electron chi connectivity index (χ3n) is 3.17. The Morgan fingerprint density at radius 2 is 2.53 bits per heavy atom. The average Bonchev–Trinajstić information content (AvgIpc) is 3.05. The van der Waals surface area contributed by atoms with Crippen LogP contribution >= 0.6 is 11.3 Å². The predicted molar refractivity (Wildman–Crippen MR) is 74.2 cm³/mol. The standard InChI is InChI=1S/C14H18N2O2S/c1-11-8-13(19-10-11)14(17)16(6-3-5-15)9-12-4-2-7-18-12/h8,10,12H,2-4,6-7,9H2,1H3. The van der Waals surface area contributed by atoms with Crippen LogP contribution in [0.5, 0.6) is 0 Å². The molecule has 1 aromatic rings. The maximum absolute atomic E-state index is 12.4. The Morgan fingerprint density at radius 1 is 1.68 bits per heavy atom. The van der Waals surface area contributed by atoms with Crippen LogP contribution in [0.25, 0.3) is 0 Å². The lowest BCUT2D eigenvalue weighted by Crippen LogP contribution is -2.37. The molecule has 0 bridgehead atoms. The van der Waals surface area contributed by atoms with Crippen molar-refractivity contribution in [3.05, 3.63) is 21.9 Å². The first-order valence-electron chi connectivity index (χ1n) is 6.53. The van der Waals surface area contributed by atoms with Crippen LogP contribution < -0.4 is 0 Å². The van der Waals surface area contributed by atoms with E-state index in [2.05, 4.69) is 6.07 Å². The summed E-state index contributed by atoms with van der Waals surface area (Å²) >= 11 is 1.46. The minimum atomic E-state index is 0.0175. The summed E-state index contributed by atoms with van der Waals surface area (Å²) in [6.07, 6.45) is 2.55. The van der Waals surface area contributed by atoms with Gasteiger partial charge in [0.2, 0.25) is 0 Å². The molecule has 0 aromatic carbocycles. The van der Waals surface area contributed by atoms with E-state index < -0.39 is 0 Å². The number of hydrogen-bond acceptors (Lipinski definition) is 4. The number of hydrogen-bond donors (Lipinski definition) is 0. The zero-order chi connectivity index (χ0) is 13.7. The summed E-state index contributed by atoms with van der Waals surface area (Å²) in [5.74, 6) is 0.0175. The topological polar surface area (TPSA) is 53.3 Å². The van der Waals surface area contributed by atoms with E-state index in [1.165, 1.54) is 11.3 Å². The summed E-state index contributed by atoms with van der Waals surface area (Å²) in [5.41, 5.74) is 1.10. The van der Waals surface area contributed by atoms with Crippen LogP contribution in [0.3, 0.4) is 0 Å². The molecule has 1 amide bonds. The number of ether oxygens (including phenoxy) is 1. The number of rotatable bonds is 5. The highest BCUT2D eigenvalue weighted by Gasteiger charge is 2.23. The summed E-state index contributed by atoms with van der Waals surface area (Å²) in [6.45, 7) is 3.83. The lowest BCUT2D eigenvalue weighted by Gasteiger charge is -2.24. The molecule has 0 spiro atoms. The van der Waals surface area contributed by atoms with Crippen LogP contribution in [0.2, 0.25) is 0 Å². The van der Waals surface area contributed by atoms with Gasteiger partial charge in [0.15, 0.2) is 0 Å². The molecule has 102 valence electrons. The Bertz CT molecular complexity index is 472. The minimum Gasteiger partial charge on any atom is -0.376 e. The van der Waals surface area contributed by atoms with E-state index in [9.17, 15) is 4.79 Å². The molecule has 1 aromatic heterocycles. The summed E-state index contributed by atoms with van der Waals surface area (Å²) in [7, 11) is 0. The number of aryl methyl sites for hydroxylation is 1. The second kappa shape index (κ2) is 6.69. The monoisotopic (exact) mass is 278 g/mol. The van der Waals surface area contributed by atoms with Gasteiger partial charge in [-0.2, -0.15) is 5.26 Å². The molecule has 0 saturated carbocycles.